The average molecular weight is 264 g/mol. The number of anilines is 1. The van der Waals surface area contributed by atoms with Gasteiger partial charge in [0, 0.05) is 35.0 Å². The lowest BCUT2D eigenvalue weighted by atomic mass is 10.3. The lowest BCUT2D eigenvalue weighted by molar-refractivity contribution is 0.415. The number of rotatable bonds is 6. The van der Waals surface area contributed by atoms with E-state index < -0.39 is 10.8 Å². The van der Waals surface area contributed by atoms with Crippen LogP contribution in [0.15, 0.2) is 24.3 Å². The van der Waals surface area contributed by atoms with Crippen molar-refractivity contribution < 1.29 is 8.95 Å². The van der Waals surface area contributed by atoms with Crippen LogP contribution in [0, 0.1) is 0 Å². The van der Waals surface area contributed by atoms with E-state index in [2.05, 4.69) is 5.32 Å². The van der Waals surface area contributed by atoms with Gasteiger partial charge in [-0.3, -0.25) is 4.21 Å². The molecule has 1 aromatic rings. The van der Waals surface area contributed by atoms with Gasteiger partial charge in [-0.2, -0.15) is 0 Å². The summed E-state index contributed by atoms with van der Waals surface area (Å²) < 4.78 is 15.9. The average Bonchev–Trinajstić information content (AvgIpc) is 2.25. The Kier molecular flexibility index (Phi) is 8.03. The van der Waals surface area contributed by atoms with Crippen molar-refractivity contribution >= 4 is 28.9 Å². The van der Waals surface area contributed by atoms with Crippen LogP contribution in [0.25, 0.3) is 0 Å². The summed E-state index contributed by atoms with van der Waals surface area (Å²) in [5, 5.41) is 3.26. The van der Waals surface area contributed by atoms with Crippen molar-refractivity contribution in [3.05, 3.63) is 24.3 Å². The first-order valence-electron chi connectivity index (χ1n) is 4.90. The first kappa shape index (κ1) is 15.3. The van der Waals surface area contributed by atoms with Gasteiger partial charge in [0.05, 0.1) is 7.11 Å². The second kappa shape index (κ2) is 8.42. The Labute approximate surface area is 105 Å². The zero-order chi connectivity index (χ0) is 11.1. The third kappa shape index (κ3) is 5.98. The minimum absolute atomic E-state index is 0. The van der Waals surface area contributed by atoms with Crippen molar-refractivity contribution in [3.63, 3.8) is 0 Å². The fraction of sp³-hybridized carbons (Fsp3) is 0.455. The molecule has 0 saturated carbocycles. The lowest BCUT2D eigenvalue weighted by Gasteiger charge is -2.06. The minimum atomic E-state index is -0.689. The van der Waals surface area contributed by atoms with Crippen LogP contribution >= 0.6 is 12.4 Å². The van der Waals surface area contributed by atoms with Gasteiger partial charge >= 0.3 is 0 Å². The summed E-state index contributed by atoms with van der Waals surface area (Å²) in [4.78, 5) is 0. The molecule has 0 aliphatic heterocycles. The molecule has 0 aliphatic rings. The van der Waals surface area contributed by atoms with Crippen LogP contribution in [0.1, 0.15) is 6.42 Å². The largest absolute Gasteiger partial charge is 0.497 e. The molecular weight excluding hydrogens is 246 g/mol. The van der Waals surface area contributed by atoms with E-state index in [1.165, 1.54) is 0 Å². The Morgan fingerprint density at radius 3 is 2.44 bits per heavy atom. The van der Waals surface area contributed by atoms with Gasteiger partial charge < -0.3 is 10.1 Å². The van der Waals surface area contributed by atoms with E-state index in [9.17, 15) is 4.21 Å². The number of halogens is 1. The van der Waals surface area contributed by atoms with Crippen LogP contribution in [-0.4, -0.2) is 29.9 Å². The van der Waals surface area contributed by atoms with E-state index in [0.717, 1.165) is 30.2 Å². The quantitative estimate of drug-likeness (QED) is 0.801. The summed E-state index contributed by atoms with van der Waals surface area (Å²) in [5.41, 5.74) is 1.07. The van der Waals surface area contributed by atoms with Gasteiger partial charge in [0.25, 0.3) is 0 Å². The van der Waals surface area contributed by atoms with Crippen LogP contribution in [0.2, 0.25) is 0 Å². The maximum absolute atomic E-state index is 10.8. The van der Waals surface area contributed by atoms with Gasteiger partial charge in [0.1, 0.15) is 5.75 Å². The first-order valence-corrected chi connectivity index (χ1v) is 6.63. The lowest BCUT2D eigenvalue weighted by Crippen LogP contribution is -2.05. The summed E-state index contributed by atoms with van der Waals surface area (Å²) in [7, 11) is 0.963. The number of hydrogen-bond acceptors (Lipinski definition) is 3. The first-order chi connectivity index (χ1) is 7.22. The molecule has 1 atom stereocenters. The molecule has 0 heterocycles. The molecule has 3 nitrogen and oxygen atoms in total. The van der Waals surface area contributed by atoms with E-state index in [-0.39, 0.29) is 12.4 Å². The molecule has 1 aromatic carbocycles. The van der Waals surface area contributed by atoms with E-state index in [0.29, 0.717) is 0 Å². The zero-order valence-electron chi connectivity index (χ0n) is 9.56. The van der Waals surface area contributed by atoms with Gasteiger partial charge in [0.15, 0.2) is 0 Å². The van der Waals surface area contributed by atoms with Crippen molar-refractivity contribution in [3.8, 4) is 5.75 Å². The zero-order valence-corrected chi connectivity index (χ0v) is 11.2. The van der Waals surface area contributed by atoms with Gasteiger partial charge in [-0.05, 0) is 30.7 Å². The number of hydrogen-bond donors (Lipinski definition) is 1. The monoisotopic (exact) mass is 263 g/mol. The molecule has 5 heteroatoms. The van der Waals surface area contributed by atoms with E-state index in [1.807, 2.05) is 24.3 Å². The third-order valence-electron chi connectivity index (χ3n) is 2.03. The van der Waals surface area contributed by atoms with E-state index in [1.54, 1.807) is 13.4 Å². The summed E-state index contributed by atoms with van der Waals surface area (Å²) >= 11 is 0. The van der Waals surface area contributed by atoms with Crippen molar-refractivity contribution in [2.75, 3.05) is 31.0 Å². The van der Waals surface area contributed by atoms with Gasteiger partial charge in [-0.25, -0.2) is 0 Å². The van der Waals surface area contributed by atoms with Crippen LogP contribution in [-0.2, 0) is 10.8 Å². The molecule has 0 saturated heterocycles. The SMILES string of the molecule is COc1ccc(NCCCS(C)=O)cc1.Cl. The fourth-order valence-corrected chi connectivity index (χ4v) is 1.77. The molecule has 1 unspecified atom stereocenters. The number of methoxy groups -OCH3 is 1. The topological polar surface area (TPSA) is 38.3 Å². The molecule has 92 valence electrons. The van der Waals surface area contributed by atoms with E-state index in [4.69, 9.17) is 4.74 Å². The summed E-state index contributed by atoms with van der Waals surface area (Å²) in [5.74, 6) is 1.61. The molecule has 0 bridgehead atoms. The normalized spacial score (nSPS) is 11.4. The minimum Gasteiger partial charge on any atom is -0.497 e. The molecule has 0 aliphatic carbocycles. The Balaban J connectivity index is 0.00000225. The summed E-state index contributed by atoms with van der Waals surface area (Å²) in [6.07, 6.45) is 2.66. The standard InChI is InChI=1S/C11H17NO2S.ClH/c1-14-11-6-4-10(5-7-11)12-8-3-9-15(2)13;/h4-7,12H,3,8-9H2,1-2H3;1H. The summed E-state index contributed by atoms with van der Waals surface area (Å²) in [6.45, 7) is 0.853. The molecule has 1 rings (SSSR count). The van der Waals surface area contributed by atoms with Crippen molar-refractivity contribution in [1.82, 2.24) is 0 Å². The van der Waals surface area contributed by atoms with Crippen LogP contribution in [0.5, 0.6) is 5.75 Å². The molecule has 0 aromatic heterocycles. The predicted molar refractivity (Wildman–Crippen MR) is 72.3 cm³/mol. The highest BCUT2D eigenvalue weighted by Gasteiger charge is 1.94. The Hall–Kier alpha value is -0.740. The number of benzene rings is 1. The van der Waals surface area contributed by atoms with Crippen molar-refractivity contribution in [2.24, 2.45) is 0 Å². The molecule has 1 N–H and O–H groups in total. The van der Waals surface area contributed by atoms with Gasteiger partial charge in [-0.1, -0.05) is 0 Å². The molecule has 0 radical (unpaired) electrons. The van der Waals surface area contributed by atoms with Crippen LogP contribution in [0.3, 0.4) is 0 Å². The molecular formula is C11H18ClNO2S. The number of ether oxygens (including phenoxy) is 1. The van der Waals surface area contributed by atoms with Crippen LogP contribution < -0.4 is 10.1 Å². The molecule has 0 fully saturated rings. The van der Waals surface area contributed by atoms with Crippen LogP contribution in [0.4, 0.5) is 5.69 Å². The maximum atomic E-state index is 10.8. The van der Waals surface area contributed by atoms with Crippen molar-refractivity contribution in [1.29, 1.82) is 0 Å². The van der Waals surface area contributed by atoms with Gasteiger partial charge in [-0.15, -0.1) is 12.4 Å². The Morgan fingerprint density at radius 2 is 1.94 bits per heavy atom. The molecule has 0 amide bonds. The predicted octanol–water partition coefficient (Wildman–Crippen LogP) is 2.30. The Bertz CT molecular complexity index is 316. The second-order valence-electron chi connectivity index (χ2n) is 3.29. The Morgan fingerprint density at radius 1 is 1.31 bits per heavy atom. The number of nitrogens with one attached hydrogen (secondary N) is 1. The fourth-order valence-electron chi connectivity index (χ4n) is 1.22. The van der Waals surface area contributed by atoms with Crippen molar-refractivity contribution in [2.45, 2.75) is 6.42 Å². The third-order valence-corrected chi connectivity index (χ3v) is 2.89. The maximum Gasteiger partial charge on any atom is 0.119 e. The second-order valence-corrected chi connectivity index (χ2v) is 4.84. The molecule has 16 heavy (non-hydrogen) atoms. The highest BCUT2D eigenvalue weighted by Crippen LogP contribution is 2.14. The van der Waals surface area contributed by atoms with Gasteiger partial charge in [0.2, 0.25) is 0 Å². The molecule has 0 spiro atoms. The highest BCUT2D eigenvalue weighted by atomic mass is 35.5. The highest BCUT2D eigenvalue weighted by molar-refractivity contribution is 7.84. The summed E-state index contributed by atoms with van der Waals surface area (Å²) in [6, 6.07) is 7.78. The van der Waals surface area contributed by atoms with E-state index >= 15 is 0 Å². The smallest absolute Gasteiger partial charge is 0.119 e.